The van der Waals surface area contributed by atoms with E-state index in [1.54, 1.807) is 12.1 Å². The van der Waals surface area contributed by atoms with Crippen molar-refractivity contribution >= 4 is 35.0 Å². The molecular weight excluding hydrogens is 457 g/mol. The third kappa shape index (κ3) is 5.02. The Morgan fingerprint density at radius 3 is 2.52 bits per heavy atom. The maximum absolute atomic E-state index is 13.3. The fourth-order valence-electron chi connectivity index (χ4n) is 4.72. The number of ketones is 1. The largest absolute Gasteiger partial charge is 0.462 e. The van der Waals surface area contributed by atoms with Gasteiger partial charge in [0, 0.05) is 35.7 Å². The minimum atomic E-state index is -0.552. The van der Waals surface area contributed by atoms with Gasteiger partial charge in [0.15, 0.2) is 5.78 Å². The van der Waals surface area contributed by atoms with Gasteiger partial charge in [-0.3, -0.25) is 4.79 Å². The highest BCUT2D eigenvalue weighted by atomic mass is 35.5. The average Bonchev–Trinajstić information content (AvgIpc) is 2.74. The monoisotopic (exact) mass is 483 g/mol. The second-order valence-electron chi connectivity index (χ2n) is 9.47. The van der Waals surface area contributed by atoms with E-state index in [2.05, 4.69) is 19.2 Å². The molecule has 2 aromatic rings. The van der Waals surface area contributed by atoms with E-state index in [0.29, 0.717) is 39.7 Å². The van der Waals surface area contributed by atoms with Gasteiger partial charge < -0.3 is 10.1 Å². The summed E-state index contributed by atoms with van der Waals surface area (Å²) in [6.45, 7) is 6.27. The standard InChI is InChI=1S/C27H27Cl2NO3/c1-16-23(26(32)33-12-11-17-7-5-4-6-8-17)24(18-9-10-19(28)20(29)13-18)25-21(30-16)14-27(2,3)15-22(25)31/h4-10,13,24,30H,11-12,14-15H2,1-3H3/t24-/m1/s1. The van der Waals surface area contributed by atoms with Crippen LogP contribution in [0.25, 0.3) is 0 Å². The van der Waals surface area contributed by atoms with Crippen molar-refractivity contribution in [1.29, 1.82) is 0 Å². The third-order valence-corrected chi connectivity index (χ3v) is 6.94. The SMILES string of the molecule is CC1=C(C(=O)OCCc2ccccc2)[C@@H](c2ccc(Cl)c(Cl)c2)C2=C(CC(C)(C)CC2=O)N1. The highest BCUT2D eigenvalue weighted by Gasteiger charge is 2.43. The summed E-state index contributed by atoms with van der Waals surface area (Å²) in [5.41, 5.74) is 4.31. The average molecular weight is 484 g/mol. The Morgan fingerprint density at radius 1 is 1.09 bits per heavy atom. The smallest absolute Gasteiger partial charge is 0.336 e. The Balaban J connectivity index is 1.69. The molecule has 4 rings (SSSR count). The first-order chi connectivity index (χ1) is 15.7. The van der Waals surface area contributed by atoms with Gasteiger partial charge in [0.2, 0.25) is 0 Å². The lowest BCUT2D eigenvalue weighted by molar-refractivity contribution is -0.139. The van der Waals surface area contributed by atoms with Crippen LogP contribution in [-0.4, -0.2) is 18.4 Å². The number of allylic oxidation sites excluding steroid dienone is 3. The van der Waals surface area contributed by atoms with Crippen LogP contribution in [0, 0.1) is 5.41 Å². The molecule has 1 heterocycles. The molecule has 0 unspecified atom stereocenters. The molecule has 1 N–H and O–H groups in total. The van der Waals surface area contributed by atoms with E-state index < -0.39 is 11.9 Å². The minimum absolute atomic E-state index is 0.0342. The number of dihydropyridines is 1. The lowest BCUT2D eigenvalue weighted by Crippen LogP contribution is -2.38. The number of ether oxygens (including phenoxy) is 1. The number of carbonyl (C=O) groups is 2. The fraction of sp³-hybridized carbons (Fsp3) is 0.333. The van der Waals surface area contributed by atoms with E-state index >= 15 is 0 Å². The maximum Gasteiger partial charge on any atom is 0.336 e. The van der Waals surface area contributed by atoms with Crippen molar-refractivity contribution < 1.29 is 14.3 Å². The van der Waals surface area contributed by atoms with Crippen molar-refractivity contribution in [3.8, 4) is 0 Å². The number of halogens is 2. The molecule has 0 amide bonds. The summed E-state index contributed by atoms with van der Waals surface area (Å²) in [7, 11) is 0. The first-order valence-electron chi connectivity index (χ1n) is 11.1. The van der Waals surface area contributed by atoms with E-state index in [1.807, 2.05) is 43.3 Å². The molecule has 4 nitrogen and oxygen atoms in total. The molecule has 0 saturated carbocycles. The number of nitrogens with one attached hydrogen (secondary N) is 1. The van der Waals surface area contributed by atoms with Gasteiger partial charge in [-0.05, 0) is 42.0 Å². The molecule has 1 aliphatic carbocycles. The summed E-state index contributed by atoms with van der Waals surface area (Å²) in [5, 5.41) is 4.15. The Kier molecular flexibility index (Phi) is 6.69. The molecule has 0 saturated heterocycles. The van der Waals surface area contributed by atoms with Gasteiger partial charge in [-0.15, -0.1) is 0 Å². The molecule has 172 valence electrons. The summed E-state index contributed by atoms with van der Waals surface area (Å²) in [5.74, 6) is -0.952. The number of benzene rings is 2. The Labute approximate surface area is 204 Å². The Morgan fingerprint density at radius 2 is 1.82 bits per heavy atom. The summed E-state index contributed by atoms with van der Waals surface area (Å²) < 4.78 is 5.69. The topological polar surface area (TPSA) is 55.4 Å². The van der Waals surface area contributed by atoms with Gasteiger partial charge in [0.25, 0.3) is 0 Å². The van der Waals surface area contributed by atoms with E-state index in [0.717, 1.165) is 23.2 Å². The number of rotatable bonds is 5. The lowest BCUT2D eigenvalue weighted by Gasteiger charge is -2.39. The lowest BCUT2D eigenvalue weighted by atomic mass is 9.68. The normalized spacial score (nSPS) is 19.8. The van der Waals surface area contributed by atoms with Gasteiger partial charge in [-0.1, -0.05) is 73.4 Å². The van der Waals surface area contributed by atoms with Crippen LogP contribution >= 0.6 is 23.2 Å². The van der Waals surface area contributed by atoms with Gasteiger partial charge in [0.1, 0.15) is 0 Å². The zero-order valence-corrected chi connectivity index (χ0v) is 20.5. The number of hydrogen-bond acceptors (Lipinski definition) is 4. The number of esters is 1. The number of Topliss-reactive ketones (excluding diaryl/α,β-unsaturated/α-hetero) is 1. The predicted octanol–water partition coefficient (Wildman–Crippen LogP) is 6.38. The molecule has 0 radical (unpaired) electrons. The molecule has 2 aliphatic rings. The van der Waals surface area contributed by atoms with E-state index in [1.165, 1.54) is 0 Å². The van der Waals surface area contributed by atoms with E-state index in [9.17, 15) is 9.59 Å². The highest BCUT2D eigenvalue weighted by Crippen LogP contribution is 2.47. The van der Waals surface area contributed by atoms with Crippen LogP contribution in [0.4, 0.5) is 0 Å². The zero-order valence-electron chi connectivity index (χ0n) is 19.0. The van der Waals surface area contributed by atoms with Crippen LogP contribution in [0.3, 0.4) is 0 Å². The Bertz CT molecular complexity index is 1170. The van der Waals surface area contributed by atoms with Crippen LogP contribution < -0.4 is 5.32 Å². The molecule has 1 atom stereocenters. The van der Waals surface area contributed by atoms with Gasteiger partial charge in [-0.2, -0.15) is 0 Å². The van der Waals surface area contributed by atoms with Crippen LogP contribution in [0.5, 0.6) is 0 Å². The van der Waals surface area contributed by atoms with Crippen LogP contribution in [0.1, 0.15) is 50.7 Å². The molecule has 33 heavy (non-hydrogen) atoms. The first-order valence-corrected chi connectivity index (χ1v) is 11.8. The molecule has 0 bridgehead atoms. The molecular formula is C27H27Cl2NO3. The van der Waals surface area contributed by atoms with Crippen molar-refractivity contribution in [2.45, 2.75) is 46.0 Å². The van der Waals surface area contributed by atoms with Crippen LogP contribution in [0.15, 0.2) is 71.1 Å². The van der Waals surface area contributed by atoms with Gasteiger partial charge >= 0.3 is 5.97 Å². The summed E-state index contributed by atoms with van der Waals surface area (Å²) >= 11 is 12.5. The van der Waals surface area contributed by atoms with Crippen molar-refractivity contribution in [2.75, 3.05) is 6.61 Å². The molecule has 0 aromatic heterocycles. The first kappa shape index (κ1) is 23.6. The van der Waals surface area contributed by atoms with Crippen LogP contribution in [-0.2, 0) is 20.7 Å². The Hall–Kier alpha value is -2.56. The minimum Gasteiger partial charge on any atom is -0.462 e. The maximum atomic E-state index is 13.3. The quantitative estimate of drug-likeness (QED) is 0.500. The number of carbonyl (C=O) groups excluding carboxylic acids is 2. The molecule has 0 spiro atoms. The molecule has 6 heteroatoms. The van der Waals surface area contributed by atoms with E-state index in [4.69, 9.17) is 27.9 Å². The second-order valence-corrected chi connectivity index (χ2v) is 10.3. The summed E-state index contributed by atoms with van der Waals surface area (Å²) in [4.78, 5) is 26.7. The molecule has 2 aromatic carbocycles. The second kappa shape index (κ2) is 9.36. The van der Waals surface area contributed by atoms with Crippen molar-refractivity contribution in [3.63, 3.8) is 0 Å². The van der Waals surface area contributed by atoms with Crippen molar-refractivity contribution in [3.05, 3.63) is 92.2 Å². The third-order valence-electron chi connectivity index (χ3n) is 6.20. The van der Waals surface area contributed by atoms with Crippen molar-refractivity contribution in [1.82, 2.24) is 5.32 Å². The predicted molar refractivity (Wildman–Crippen MR) is 131 cm³/mol. The highest BCUT2D eigenvalue weighted by molar-refractivity contribution is 6.42. The fourth-order valence-corrected chi connectivity index (χ4v) is 5.02. The summed E-state index contributed by atoms with van der Waals surface area (Å²) in [6.07, 6.45) is 1.76. The zero-order chi connectivity index (χ0) is 23.8. The summed E-state index contributed by atoms with van der Waals surface area (Å²) in [6, 6.07) is 15.1. The van der Waals surface area contributed by atoms with E-state index in [-0.39, 0.29) is 17.8 Å². The van der Waals surface area contributed by atoms with Crippen LogP contribution in [0.2, 0.25) is 10.0 Å². The van der Waals surface area contributed by atoms with Gasteiger partial charge in [0.05, 0.1) is 22.2 Å². The van der Waals surface area contributed by atoms with Crippen molar-refractivity contribution in [2.24, 2.45) is 5.41 Å². The van der Waals surface area contributed by atoms with Gasteiger partial charge in [-0.25, -0.2) is 4.79 Å². The number of hydrogen-bond donors (Lipinski definition) is 1. The molecule has 1 aliphatic heterocycles. The molecule has 0 fully saturated rings.